The molecule has 8 heteroatoms. The van der Waals surface area contributed by atoms with E-state index in [2.05, 4.69) is 19.9 Å². The van der Waals surface area contributed by atoms with E-state index in [4.69, 9.17) is 4.98 Å². The number of benzene rings is 2. The number of nitrogens with zero attached hydrogens (tertiary/aromatic N) is 2. The minimum absolute atomic E-state index is 0.300. The third-order valence-electron chi connectivity index (χ3n) is 5.73. The smallest absolute Gasteiger partial charge is 0.187 e. The van der Waals surface area contributed by atoms with Gasteiger partial charge in [-0.25, -0.2) is 22.2 Å². The van der Waals surface area contributed by atoms with Gasteiger partial charge in [-0.15, -0.1) is 11.3 Å². The number of hydrogen-bond donors (Lipinski definition) is 0. The Morgan fingerprint density at radius 2 is 1.67 bits per heavy atom. The molecule has 3 aromatic rings. The molecular formula is C22H22F2N2O2S2. The molecule has 0 aliphatic carbocycles. The summed E-state index contributed by atoms with van der Waals surface area (Å²) in [7, 11) is -4.07. The van der Waals surface area contributed by atoms with E-state index < -0.39 is 31.6 Å². The van der Waals surface area contributed by atoms with E-state index in [0.717, 1.165) is 28.5 Å². The molecular weight excluding hydrogens is 426 g/mol. The molecule has 0 bridgehead atoms. The van der Waals surface area contributed by atoms with E-state index in [-0.39, 0.29) is 0 Å². The number of sulfone groups is 1. The maximum atomic E-state index is 14.0. The average Bonchev–Trinajstić information content (AvgIpc) is 3.20. The van der Waals surface area contributed by atoms with Crippen molar-refractivity contribution in [1.82, 2.24) is 4.98 Å². The van der Waals surface area contributed by atoms with Crippen molar-refractivity contribution in [2.45, 2.75) is 36.8 Å². The minimum Gasteiger partial charge on any atom is -0.348 e. The van der Waals surface area contributed by atoms with Crippen LogP contribution < -0.4 is 4.90 Å². The number of piperidine rings is 1. The van der Waals surface area contributed by atoms with Crippen LogP contribution >= 0.6 is 11.3 Å². The molecule has 30 heavy (non-hydrogen) atoms. The van der Waals surface area contributed by atoms with Gasteiger partial charge >= 0.3 is 0 Å². The van der Waals surface area contributed by atoms with Crippen molar-refractivity contribution in [3.05, 3.63) is 64.5 Å². The second-order valence-corrected chi connectivity index (χ2v) is 10.5. The molecule has 4 rings (SSSR count). The number of anilines is 1. The molecule has 0 radical (unpaired) electrons. The van der Waals surface area contributed by atoms with Crippen LogP contribution in [-0.2, 0) is 9.84 Å². The van der Waals surface area contributed by atoms with Gasteiger partial charge in [-0.2, -0.15) is 0 Å². The van der Waals surface area contributed by atoms with E-state index in [1.54, 1.807) is 0 Å². The van der Waals surface area contributed by atoms with Crippen LogP contribution in [0.15, 0.2) is 46.7 Å². The molecule has 0 N–H and O–H groups in total. The Morgan fingerprint density at radius 3 is 2.33 bits per heavy atom. The van der Waals surface area contributed by atoms with Crippen molar-refractivity contribution in [3.8, 4) is 11.3 Å². The lowest BCUT2D eigenvalue weighted by molar-refractivity contribution is 0.497. The molecule has 0 amide bonds. The highest BCUT2D eigenvalue weighted by Crippen LogP contribution is 2.34. The Labute approximate surface area is 179 Å². The van der Waals surface area contributed by atoms with Crippen LogP contribution in [0.1, 0.15) is 24.0 Å². The maximum absolute atomic E-state index is 14.0. The zero-order valence-electron chi connectivity index (χ0n) is 16.7. The van der Waals surface area contributed by atoms with Gasteiger partial charge in [-0.3, -0.25) is 0 Å². The van der Waals surface area contributed by atoms with Crippen LogP contribution in [-0.4, -0.2) is 31.7 Å². The monoisotopic (exact) mass is 448 g/mol. The fourth-order valence-electron chi connectivity index (χ4n) is 3.84. The molecule has 1 aliphatic rings. The number of hydrogen-bond acceptors (Lipinski definition) is 5. The van der Waals surface area contributed by atoms with Gasteiger partial charge in [0.25, 0.3) is 0 Å². The van der Waals surface area contributed by atoms with Crippen molar-refractivity contribution >= 4 is 26.3 Å². The van der Waals surface area contributed by atoms with E-state index in [1.807, 2.05) is 22.4 Å². The van der Waals surface area contributed by atoms with Crippen LogP contribution in [0, 0.1) is 25.5 Å². The third kappa shape index (κ3) is 3.74. The predicted octanol–water partition coefficient (Wildman–Crippen LogP) is 5.15. The van der Waals surface area contributed by atoms with Crippen molar-refractivity contribution in [3.63, 3.8) is 0 Å². The average molecular weight is 449 g/mol. The molecule has 1 saturated heterocycles. The van der Waals surface area contributed by atoms with Crippen LogP contribution in [0.3, 0.4) is 0 Å². The SMILES string of the molecule is Cc1cccc(-c2csc(N3CCC(S(=O)(=O)c4c(F)cccc4F)CC3)n2)c1C. The lowest BCUT2D eigenvalue weighted by Crippen LogP contribution is -2.39. The summed E-state index contributed by atoms with van der Waals surface area (Å²) in [6.07, 6.45) is 0.600. The van der Waals surface area contributed by atoms with Gasteiger partial charge in [0.2, 0.25) is 0 Å². The van der Waals surface area contributed by atoms with Gasteiger partial charge in [0.1, 0.15) is 16.5 Å². The first-order valence-corrected chi connectivity index (χ1v) is 12.2. The van der Waals surface area contributed by atoms with E-state index in [9.17, 15) is 17.2 Å². The van der Waals surface area contributed by atoms with Crippen LogP contribution in [0.25, 0.3) is 11.3 Å². The van der Waals surface area contributed by atoms with Gasteiger partial charge in [0.05, 0.1) is 10.9 Å². The molecule has 0 unspecified atom stereocenters. The first kappa shape index (κ1) is 20.9. The molecule has 1 aliphatic heterocycles. The van der Waals surface area contributed by atoms with Crippen molar-refractivity contribution in [2.75, 3.05) is 18.0 Å². The largest absolute Gasteiger partial charge is 0.348 e. The third-order valence-corrected chi connectivity index (χ3v) is 8.94. The summed E-state index contributed by atoms with van der Waals surface area (Å²) in [4.78, 5) is 5.99. The van der Waals surface area contributed by atoms with Crippen molar-refractivity contribution in [1.29, 1.82) is 0 Å². The quantitative estimate of drug-likeness (QED) is 0.554. The topological polar surface area (TPSA) is 50.3 Å². The molecule has 0 saturated carbocycles. The molecule has 1 aromatic heterocycles. The van der Waals surface area contributed by atoms with E-state index in [1.165, 1.54) is 28.5 Å². The highest BCUT2D eigenvalue weighted by Gasteiger charge is 2.35. The van der Waals surface area contributed by atoms with Gasteiger partial charge in [0.15, 0.2) is 15.0 Å². The van der Waals surface area contributed by atoms with Gasteiger partial charge in [-0.1, -0.05) is 24.3 Å². The number of halogens is 2. The van der Waals surface area contributed by atoms with Crippen LogP contribution in [0.2, 0.25) is 0 Å². The molecule has 0 atom stereocenters. The Balaban J connectivity index is 1.50. The lowest BCUT2D eigenvalue weighted by atomic mass is 10.0. The summed E-state index contributed by atoms with van der Waals surface area (Å²) < 4.78 is 53.7. The summed E-state index contributed by atoms with van der Waals surface area (Å²) >= 11 is 1.52. The first-order chi connectivity index (χ1) is 14.3. The molecule has 2 heterocycles. The molecule has 158 valence electrons. The van der Waals surface area contributed by atoms with Crippen LogP contribution in [0.4, 0.5) is 13.9 Å². The number of thiazole rings is 1. The molecule has 4 nitrogen and oxygen atoms in total. The Kier molecular flexibility index (Phi) is 5.63. The van der Waals surface area contributed by atoms with Gasteiger partial charge in [-0.05, 0) is 49.9 Å². The summed E-state index contributed by atoms with van der Waals surface area (Å²) in [6.45, 7) is 5.08. The second-order valence-electron chi connectivity index (χ2n) is 7.54. The first-order valence-electron chi connectivity index (χ1n) is 9.74. The minimum atomic E-state index is -4.07. The second kappa shape index (κ2) is 8.07. The molecule has 0 spiro atoms. The van der Waals surface area contributed by atoms with E-state index in [0.29, 0.717) is 25.9 Å². The van der Waals surface area contributed by atoms with Crippen LogP contribution in [0.5, 0.6) is 0 Å². The summed E-state index contributed by atoms with van der Waals surface area (Å²) in [5.74, 6) is -2.06. The van der Waals surface area contributed by atoms with Crippen molar-refractivity contribution in [2.24, 2.45) is 0 Å². The predicted molar refractivity (Wildman–Crippen MR) is 116 cm³/mol. The zero-order chi connectivity index (χ0) is 21.5. The zero-order valence-corrected chi connectivity index (χ0v) is 18.4. The fourth-order valence-corrected chi connectivity index (χ4v) is 6.56. The highest BCUT2D eigenvalue weighted by molar-refractivity contribution is 7.92. The fraction of sp³-hybridized carbons (Fsp3) is 0.318. The van der Waals surface area contributed by atoms with Gasteiger partial charge < -0.3 is 4.90 Å². The number of aromatic nitrogens is 1. The summed E-state index contributed by atoms with van der Waals surface area (Å²) in [6, 6.07) is 9.25. The number of aryl methyl sites for hydroxylation is 1. The van der Waals surface area contributed by atoms with E-state index >= 15 is 0 Å². The molecule has 2 aromatic carbocycles. The standard InChI is InChI=1S/C22H22F2N2O2S2/c1-14-5-3-6-17(15(14)2)20-13-29-22(25-20)26-11-9-16(10-12-26)30(27,28)21-18(23)7-4-8-19(21)24/h3-8,13,16H,9-12H2,1-2H3. The Morgan fingerprint density at radius 1 is 1.03 bits per heavy atom. The highest BCUT2D eigenvalue weighted by atomic mass is 32.2. The number of rotatable bonds is 4. The Hall–Kier alpha value is -2.32. The Bertz CT molecular complexity index is 1160. The van der Waals surface area contributed by atoms with Crippen molar-refractivity contribution < 1.29 is 17.2 Å². The normalized spacial score (nSPS) is 15.5. The summed E-state index contributed by atoms with van der Waals surface area (Å²) in [5.41, 5.74) is 4.38. The van der Waals surface area contributed by atoms with Gasteiger partial charge in [0, 0.05) is 24.0 Å². The molecule has 1 fully saturated rings. The lowest BCUT2D eigenvalue weighted by Gasteiger charge is -2.31. The maximum Gasteiger partial charge on any atom is 0.187 e. The summed E-state index contributed by atoms with van der Waals surface area (Å²) in [5, 5.41) is 2.03.